The summed E-state index contributed by atoms with van der Waals surface area (Å²) in [6.07, 6.45) is 0. The molecule has 0 N–H and O–H groups in total. The van der Waals surface area contributed by atoms with Crippen LogP contribution in [0.2, 0.25) is 5.02 Å². The van der Waals surface area contributed by atoms with E-state index >= 15 is 0 Å². The van der Waals surface area contributed by atoms with Crippen LogP contribution in [-0.4, -0.2) is 5.78 Å². The third kappa shape index (κ3) is 2.43. The van der Waals surface area contributed by atoms with E-state index in [0.717, 1.165) is 26.4 Å². The van der Waals surface area contributed by atoms with Crippen molar-refractivity contribution in [3.8, 4) is 0 Å². The fourth-order valence-electron chi connectivity index (χ4n) is 1.71. The molecule has 0 aliphatic rings. The van der Waals surface area contributed by atoms with Gasteiger partial charge in [0.2, 0.25) is 5.78 Å². The minimum Gasteiger partial charge on any atom is -0.288 e. The smallest absolute Gasteiger partial charge is 0.203 e. The van der Waals surface area contributed by atoms with Crippen LogP contribution in [0.25, 0.3) is 0 Å². The molecule has 17 heavy (non-hydrogen) atoms. The average Bonchev–Trinajstić information content (AvgIpc) is 2.69. The number of carbonyl (C=O) groups is 1. The Morgan fingerprint density at radius 1 is 1.12 bits per heavy atom. The number of thiophene rings is 1. The van der Waals surface area contributed by atoms with Gasteiger partial charge in [-0.05, 0) is 56.2 Å². The molecule has 0 fully saturated rings. The average molecular weight is 265 g/mol. The molecule has 0 atom stereocenters. The minimum absolute atomic E-state index is 0.0837. The SMILES string of the molecule is Cc1ccc(C(=O)c2cc(C)c(Cl)cc2C)s1. The van der Waals surface area contributed by atoms with Gasteiger partial charge in [-0.25, -0.2) is 0 Å². The summed E-state index contributed by atoms with van der Waals surface area (Å²) in [6.45, 7) is 5.83. The monoisotopic (exact) mass is 264 g/mol. The van der Waals surface area contributed by atoms with Crippen molar-refractivity contribution < 1.29 is 4.79 Å². The number of hydrogen-bond acceptors (Lipinski definition) is 2. The summed E-state index contributed by atoms with van der Waals surface area (Å²) in [7, 11) is 0. The Bertz CT molecular complexity index is 584. The molecule has 1 aromatic carbocycles. The Labute approximate surface area is 110 Å². The minimum atomic E-state index is 0.0837. The molecule has 2 aromatic rings. The second-order valence-electron chi connectivity index (χ2n) is 4.16. The molecule has 1 nitrogen and oxygen atoms in total. The lowest BCUT2D eigenvalue weighted by atomic mass is 10.0. The largest absolute Gasteiger partial charge is 0.288 e. The van der Waals surface area contributed by atoms with E-state index in [1.165, 1.54) is 11.3 Å². The van der Waals surface area contributed by atoms with Crippen molar-refractivity contribution in [2.24, 2.45) is 0 Å². The quantitative estimate of drug-likeness (QED) is 0.727. The number of benzene rings is 1. The van der Waals surface area contributed by atoms with Crippen LogP contribution in [0.4, 0.5) is 0 Å². The molecule has 1 heterocycles. The zero-order chi connectivity index (χ0) is 12.6. The van der Waals surface area contributed by atoms with Crippen molar-refractivity contribution in [1.29, 1.82) is 0 Å². The van der Waals surface area contributed by atoms with Gasteiger partial charge in [0.05, 0.1) is 4.88 Å². The summed E-state index contributed by atoms with van der Waals surface area (Å²) in [5.74, 6) is 0.0837. The number of halogens is 1. The molecule has 3 heteroatoms. The molecule has 0 saturated carbocycles. The van der Waals surface area contributed by atoms with Crippen molar-refractivity contribution in [2.75, 3.05) is 0 Å². The van der Waals surface area contributed by atoms with Crippen LogP contribution in [0.1, 0.15) is 31.2 Å². The van der Waals surface area contributed by atoms with E-state index in [1.807, 2.05) is 45.0 Å². The Balaban J connectivity index is 2.47. The summed E-state index contributed by atoms with van der Waals surface area (Å²) >= 11 is 7.56. The number of rotatable bonds is 2. The Morgan fingerprint density at radius 3 is 2.41 bits per heavy atom. The van der Waals surface area contributed by atoms with E-state index in [9.17, 15) is 4.79 Å². The van der Waals surface area contributed by atoms with Crippen molar-refractivity contribution in [3.05, 3.63) is 55.7 Å². The second-order valence-corrected chi connectivity index (χ2v) is 5.85. The van der Waals surface area contributed by atoms with Crippen LogP contribution < -0.4 is 0 Å². The molecule has 0 aliphatic heterocycles. The number of aryl methyl sites for hydroxylation is 3. The highest BCUT2D eigenvalue weighted by Crippen LogP contribution is 2.25. The van der Waals surface area contributed by atoms with Crippen molar-refractivity contribution in [1.82, 2.24) is 0 Å². The van der Waals surface area contributed by atoms with E-state index in [2.05, 4.69) is 0 Å². The van der Waals surface area contributed by atoms with Gasteiger partial charge < -0.3 is 0 Å². The molecule has 0 unspecified atom stereocenters. The van der Waals surface area contributed by atoms with Crippen LogP contribution >= 0.6 is 22.9 Å². The van der Waals surface area contributed by atoms with Crippen LogP contribution in [0.3, 0.4) is 0 Å². The Hall–Kier alpha value is -1.12. The summed E-state index contributed by atoms with van der Waals surface area (Å²) < 4.78 is 0. The Morgan fingerprint density at radius 2 is 1.82 bits per heavy atom. The molecule has 88 valence electrons. The summed E-state index contributed by atoms with van der Waals surface area (Å²) in [5, 5.41) is 0.710. The first-order chi connectivity index (χ1) is 7.99. The van der Waals surface area contributed by atoms with Gasteiger partial charge in [0, 0.05) is 15.5 Å². The van der Waals surface area contributed by atoms with Gasteiger partial charge in [0.1, 0.15) is 0 Å². The molecule has 2 rings (SSSR count). The lowest BCUT2D eigenvalue weighted by Crippen LogP contribution is -2.02. The van der Waals surface area contributed by atoms with Crippen molar-refractivity contribution in [3.63, 3.8) is 0 Å². The van der Waals surface area contributed by atoms with Gasteiger partial charge >= 0.3 is 0 Å². The lowest BCUT2D eigenvalue weighted by Gasteiger charge is -2.06. The van der Waals surface area contributed by atoms with Crippen LogP contribution in [0.15, 0.2) is 24.3 Å². The molecule has 0 saturated heterocycles. The van der Waals surface area contributed by atoms with Crippen LogP contribution in [-0.2, 0) is 0 Å². The van der Waals surface area contributed by atoms with E-state index < -0.39 is 0 Å². The normalized spacial score (nSPS) is 10.6. The summed E-state index contributed by atoms with van der Waals surface area (Å²) in [6, 6.07) is 7.57. The van der Waals surface area contributed by atoms with E-state index in [0.29, 0.717) is 5.02 Å². The van der Waals surface area contributed by atoms with E-state index in [4.69, 9.17) is 11.6 Å². The highest BCUT2D eigenvalue weighted by molar-refractivity contribution is 7.14. The maximum Gasteiger partial charge on any atom is 0.203 e. The first-order valence-corrected chi connectivity index (χ1v) is 6.56. The van der Waals surface area contributed by atoms with Gasteiger partial charge in [-0.2, -0.15) is 0 Å². The number of carbonyl (C=O) groups excluding carboxylic acids is 1. The molecule has 0 amide bonds. The van der Waals surface area contributed by atoms with Crippen molar-refractivity contribution in [2.45, 2.75) is 20.8 Å². The highest BCUT2D eigenvalue weighted by Gasteiger charge is 2.14. The molecular weight excluding hydrogens is 252 g/mol. The standard InChI is InChI=1S/C14H13ClOS/c1-8-7-12(15)9(2)6-11(8)14(16)13-5-4-10(3)17-13/h4-7H,1-3H3. The maximum atomic E-state index is 12.3. The summed E-state index contributed by atoms with van der Waals surface area (Å²) in [4.78, 5) is 14.2. The van der Waals surface area contributed by atoms with E-state index in [-0.39, 0.29) is 5.78 Å². The zero-order valence-electron chi connectivity index (χ0n) is 10.0. The first-order valence-electron chi connectivity index (χ1n) is 5.37. The van der Waals surface area contributed by atoms with Gasteiger partial charge in [-0.1, -0.05) is 11.6 Å². The van der Waals surface area contributed by atoms with Crippen LogP contribution in [0.5, 0.6) is 0 Å². The lowest BCUT2D eigenvalue weighted by molar-refractivity contribution is 0.104. The molecule has 0 spiro atoms. The topological polar surface area (TPSA) is 17.1 Å². The fraction of sp³-hybridized carbons (Fsp3) is 0.214. The summed E-state index contributed by atoms with van der Waals surface area (Å²) in [5.41, 5.74) is 2.61. The first kappa shape index (κ1) is 12.3. The van der Waals surface area contributed by atoms with Crippen LogP contribution in [0, 0.1) is 20.8 Å². The van der Waals surface area contributed by atoms with Gasteiger partial charge in [-0.15, -0.1) is 11.3 Å². The Kier molecular flexibility index (Phi) is 3.36. The van der Waals surface area contributed by atoms with Gasteiger partial charge in [-0.3, -0.25) is 4.79 Å². The third-order valence-corrected chi connectivity index (χ3v) is 4.12. The molecular formula is C14H13ClOS. The number of hydrogen-bond donors (Lipinski definition) is 0. The zero-order valence-corrected chi connectivity index (χ0v) is 11.6. The third-order valence-electron chi connectivity index (χ3n) is 2.71. The second kappa shape index (κ2) is 4.63. The van der Waals surface area contributed by atoms with Crippen molar-refractivity contribution >= 4 is 28.7 Å². The molecule has 0 aliphatic carbocycles. The fourth-order valence-corrected chi connectivity index (χ4v) is 2.75. The number of ketones is 1. The predicted molar refractivity (Wildman–Crippen MR) is 73.4 cm³/mol. The highest BCUT2D eigenvalue weighted by atomic mass is 35.5. The predicted octanol–water partition coefficient (Wildman–Crippen LogP) is 4.56. The molecule has 0 radical (unpaired) electrons. The van der Waals surface area contributed by atoms with Gasteiger partial charge in [0.25, 0.3) is 0 Å². The molecule has 0 bridgehead atoms. The maximum absolute atomic E-state index is 12.3. The van der Waals surface area contributed by atoms with E-state index in [1.54, 1.807) is 0 Å². The molecule has 1 aromatic heterocycles. The van der Waals surface area contributed by atoms with Gasteiger partial charge in [0.15, 0.2) is 0 Å².